The van der Waals surface area contributed by atoms with Gasteiger partial charge in [-0.25, -0.2) is 0 Å². The number of likely N-dealkylation sites (N-methyl/N-ethyl adjacent to an activating group) is 1. The van der Waals surface area contributed by atoms with Crippen LogP contribution in [-0.2, 0) is 4.74 Å². The van der Waals surface area contributed by atoms with Gasteiger partial charge in [0.1, 0.15) is 0 Å². The van der Waals surface area contributed by atoms with Gasteiger partial charge in [-0.3, -0.25) is 4.79 Å². The summed E-state index contributed by atoms with van der Waals surface area (Å²) in [5, 5.41) is 3.23. The van der Waals surface area contributed by atoms with Crippen LogP contribution >= 0.6 is 0 Å². The lowest BCUT2D eigenvalue weighted by atomic mass is 10.1. The van der Waals surface area contributed by atoms with E-state index in [0.717, 1.165) is 37.2 Å². The van der Waals surface area contributed by atoms with Gasteiger partial charge >= 0.3 is 0 Å². The number of hydrogen-bond donors (Lipinski definition) is 1. The lowest BCUT2D eigenvalue weighted by Crippen LogP contribution is -2.37. The highest BCUT2D eigenvalue weighted by Gasteiger charge is 2.22. The van der Waals surface area contributed by atoms with Crippen LogP contribution < -0.4 is 5.32 Å². The first-order chi connectivity index (χ1) is 9.74. The Balaban J connectivity index is 1.99. The van der Waals surface area contributed by atoms with E-state index >= 15 is 0 Å². The Hall–Kier alpha value is -1.55. The van der Waals surface area contributed by atoms with Gasteiger partial charge in [-0.2, -0.15) is 0 Å². The zero-order valence-electron chi connectivity index (χ0n) is 12.4. The zero-order valence-corrected chi connectivity index (χ0v) is 12.4. The highest BCUT2D eigenvalue weighted by molar-refractivity contribution is 5.94. The largest absolute Gasteiger partial charge is 0.385 e. The number of hydrogen-bond acceptors (Lipinski definition) is 3. The molecule has 0 aromatic heterocycles. The monoisotopic (exact) mass is 276 g/mol. The van der Waals surface area contributed by atoms with Crippen LogP contribution in [0.3, 0.4) is 0 Å². The van der Waals surface area contributed by atoms with E-state index in [-0.39, 0.29) is 12.0 Å². The molecule has 4 heteroatoms. The van der Waals surface area contributed by atoms with Crippen molar-refractivity contribution >= 4 is 11.6 Å². The zero-order chi connectivity index (χ0) is 14.4. The van der Waals surface area contributed by atoms with Gasteiger partial charge in [0.15, 0.2) is 0 Å². The molecule has 1 aliphatic heterocycles. The molecule has 20 heavy (non-hydrogen) atoms. The van der Waals surface area contributed by atoms with Gasteiger partial charge in [-0.1, -0.05) is 0 Å². The molecule has 1 heterocycles. The van der Waals surface area contributed by atoms with E-state index < -0.39 is 0 Å². The summed E-state index contributed by atoms with van der Waals surface area (Å²) >= 11 is 0. The minimum Gasteiger partial charge on any atom is -0.385 e. The minimum absolute atomic E-state index is 0.0889. The van der Waals surface area contributed by atoms with Crippen molar-refractivity contribution in [3.05, 3.63) is 29.8 Å². The number of nitrogens with zero attached hydrogens (tertiary/aromatic N) is 1. The van der Waals surface area contributed by atoms with Crippen LogP contribution in [0.1, 0.15) is 37.0 Å². The fraction of sp³-hybridized carbons (Fsp3) is 0.562. The maximum absolute atomic E-state index is 12.5. The first-order valence-electron chi connectivity index (χ1n) is 7.49. The second-order valence-electron chi connectivity index (χ2n) is 5.09. The van der Waals surface area contributed by atoms with Crippen LogP contribution in [0.15, 0.2) is 24.3 Å². The molecule has 0 spiro atoms. The number of carbonyl (C=O) groups is 1. The standard InChI is InChI=1S/C16H24N2O2/c1-3-17-14-9-7-13(8-10-14)16(19)18(4-2)12-15-6-5-11-20-15/h7-10,15,17H,3-6,11-12H2,1-2H3. The maximum atomic E-state index is 12.5. The SMILES string of the molecule is CCNc1ccc(C(=O)N(CC)CC2CCCO2)cc1. The van der Waals surface area contributed by atoms with E-state index in [2.05, 4.69) is 12.2 Å². The third-order valence-corrected chi connectivity index (χ3v) is 3.63. The Bertz CT molecular complexity index is 425. The summed E-state index contributed by atoms with van der Waals surface area (Å²) in [5.41, 5.74) is 1.79. The molecule has 0 radical (unpaired) electrons. The van der Waals surface area contributed by atoms with E-state index in [1.165, 1.54) is 0 Å². The third-order valence-electron chi connectivity index (χ3n) is 3.63. The quantitative estimate of drug-likeness (QED) is 0.868. The van der Waals surface area contributed by atoms with Gasteiger partial charge in [-0.15, -0.1) is 0 Å². The average Bonchev–Trinajstić information content (AvgIpc) is 2.98. The Labute approximate surface area is 121 Å². The van der Waals surface area contributed by atoms with E-state index in [4.69, 9.17) is 4.74 Å². The van der Waals surface area contributed by atoms with E-state index in [0.29, 0.717) is 13.1 Å². The average molecular weight is 276 g/mol. The van der Waals surface area contributed by atoms with Gasteiger partial charge in [0.2, 0.25) is 0 Å². The maximum Gasteiger partial charge on any atom is 0.253 e. The molecule has 1 atom stereocenters. The van der Waals surface area contributed by atoms with Gasteiger partial charge in [0, 0.05) is 37.5 Å². The number of nitrogens with one attached hydrogen (secondary N) is 1. The molecule has 4 nitrogen and oxygen atoms in total. The van der Waals surface area contributed by atoms with Crippen LogP contribution in [-0.4, -0.2) is 43.2 Å². The van der Waals surface area contributed by atoms with Crippen molar-refractivity contribution in [2.45, 2.75) is 32.8 Å². The van der Waals surface area contributed by atoms with E-state index in [9.17, 15) is 4.79 Å². The first kappa shape index (κ1) is 14.9. The molecule has 1 N–H and O–H groups in total. The lowest BCUT2D eigenvalue weighted by molar-refractivity contribution is 0.0539. The summed E-state index contributed by atoms with van der Waals surface area (Å²) in [6.07, 6.45) is 2.37. The number of ether oxygens (including phenoxy) is 1. The van der Waals surface area contributed by atoms with Crippen molar-refractivity contribution in [2.24, 2.45) is 0 Å². The summed E-state index contributed by atoms with van der Waals surface area (Å²) in [6.45, 7) is 7.19. The third kappa shape index (κ3) is 3.73. The van der Waals surface area contributed by atoms with Crippen LogP contribution in [0, 0.1) is 0 Å². The number of carbonyl (C=O) groups excluding carboxylic acids is 1. The topological polar surface area (TPSA) is 41.6 Å². The fourth-order valence-corrected chi connectivity index (χ4v) is 2.51. The van der Waals surface area contributed by atoms with Gasteiger partial charge in [0.25, 0.3) is 5.91 Å². The molecule has 1 amide bonds. The molecule has 1 aromatic carbocycles. The van der Waals surface area contributed by atoms with Gasteiger partial charge < -0.3 is 15.0 Å². The molecule has 0 saturated carbocycles. The number of rotatable bonds is 6. The van der Waals surface area contributed by atoms with Crippen LogP contribution in [0.2, 0.25) is 0 Å². The number of amides is 1. The highest BCUT2D eigenvalue weighted by atomic mass is 16.5. The summed E-state index contributed by atoms with van der Waals surface area (Å²) in [6, 6.07) is 7.68. The van der Waals surface area contributed by atoms with Crippen molar-refractivity contribution in [2.75, 3.05) is 31.6 Å². The molecule has 110 valence electrons. The Morgan fingerprint density at radius 1 is 1.35 bits per heavy atom. The summed E-state index contributed by atoms with van der Waals surface area (Å²) in [5.74, 6) is 0.0889. The molecule has 0 aliphatic carbocycles. The molecular weight excluding hydrogens is 252 g/mol. The highest BCUT2D eigenvalue weighted by Crippen LogP contribution is 2.16. The van der Waals surface area contributed by atoms with Crippen LogP contribution in [0.4, 0.5) is 5.69 Å². The molecule has 1 aliphatic rings. The fourth-order valence-electron chi connectivity index (χ4n) is 2.51. The van der Waals surface area contributed by atoms with E-state index in [1.54, 1.807) is 0 Å². The van der Waals surface area contributed by atoms with Crippen LogP contribution in [0.25, 0.3) is 0 Å². The number of benzene rings is 1. The summed E-state index contributed by atoms with van der Waals surface area (Å²) in [4.78, 5) is 14.4. The Morgan fingerprint density at radius 2 is 2.10 bits per heavy atom. The predicted molar refractivity (Wildman–Crippen MR) is 81.2 cm³/mol. The van der Waals surface area contributed by atoms with Crippen molar-refractivity contribution < 1.29 is 9.53 Å². The van der Waals surface area contributed by atoms with Gasteiger partial charge in [0.05, 0.1) is 6.10 Å². The molecule has 0 bridgehead atoms. The first-order valence-corrected chi connectivity index (χ1v) is 7.49. The Kier molecular flexibility index (Phi) is 5.41. The molecule has 1 saturated heterocycles. The van der Waals surface area contributed by atoms with Crippen molar-refractivity contribution in [1.82, 2.24) is 4.90 Å². The van der Waals surface area contributed by atoms with Crippen molar-refractivity contribution in [3.63, 3.8) is 0 Å². The molecule has 1 aromatic rings. The molecule has 1 fully saturated rings. The summed E-state index contributed by atoms with van der Waals surface area (Å²) < 4.78 is 5.62. The molecular formula is C16H24N2O2. The smallest absolute Gasteiger partial charge is 0.253 e. The lowest BCUT2D eigenvalue weighted by Gasteiger charge is -2.24. The molecule has 1 unspecified atom stereocenters. The van der Waals surface area contributed by atoms with Crippen molar-refractivity contribution in [3.8, 4) is 0 Å². The minimum atomic E-state index is 0.0889. The molecule has 2 rings (SSSR count). The normalized spacial score (nSPS) is 18.0. The Morgan fingerprint density at radius 3 is 2.65 bits per heavy atom. The van der Waals surface area contributed by atoms with E-state index in [1.807, 2.05) is 36.1 Å². The van der Waals surface area contributed by atoms with Crippen molar-refractivity contribution in [1.29, 1.82) is 0 Å². The second-order valence-corrected chi connectivity index (χ2v) is 5.09. The predicted octanol–water partition coefficient (Wildman–Crippen LogP) is 2.76. The second kappa shape index (κ2) is 7.29. The summed E-state index contributed by atoms with van der Waals surface area (Å²) in [7, 11) is 0. The van der Waals surface area contributed by atoms with Gasteiger partial charge in [-0.05, 0) is 51.0 Å². The number of anilines is 1. The van der Waals surface area contributed by atoms with Crippen LogP contribution in [0.5, 0.6) is 0 Å².